The molecule has 144 valence electrons. The Morgan fingerprint density at radius 2 is 2.22 bits per heavy atom. The number of pyridine rings is 1. The fourth-order valence-electron chi connectivity index (χ4n) is 2.85. The Kier molecular flexibility index (Phi) is 6.66. The average molecular weight is 387 g/mol. The summed E-state index contributed by atoms with van der Waals surface area (Å²) < 4.78 is 5.51. The molecule has 0 amide bonds. The number of rotatable bonds is 4. The topological polar surface area (TPSA) is 78.6 Å². The van der Waals surface area contributed by atoms with Crippen LogP contribution in [0.15, 0.2) is 22.8 Å². The van der Waals surface area contributed by atoms with E-state index in [-0.39, 0.29) is 11.0 Å². The summed E-state index contributed by atoms with van der Waals surface area (Å²) in [6.45, 7) is 9.22. The fourth-order valence-corrected chi connectivity index (χ4v) is 3.84. The predicted molar refractivity (Wildman–Crippen MR) is 110 cm³/mol. The molecule has 1 aromatic rings. The SMILES string of the molecule is COc1cc(C(/N=C2/SCC(C)CN2C)=C(\C#N)C=O)cnc1C(C)(C)C. The van der Waals surface area contributed by atoms with Crippen molar-refractivity contribution in [2.24, 2.45) is 10.9 Å². The van der Waals surface area contributed by atoms with Crippen molar-refractivity contribution in [3.8, 4) is 11.8 Å². The molecule has 7 heteroatoms. The molecule has 6 nitrogen and oxygen atoms in total. The number of nitriles is 1. The molecule has 0 aliphatic carbocycles. The second-order valence-electron chi connectivity index (χ2n) is 7.71. The van der Waals surface area contributed by atoms with Crippen LogP contribution in [0.5, 0.6) is 5.75 Å². The average Bonchev–Trinajstić information content (AvgIpc) is 2.62. The molecule has 27 heavy (non-hydrogen) atoms. The number of ether oxygens (including phenoxy) is 1. The third-order valence-corrected chi connectivity index (χ3v) is 5.56. The van der Waals surface area contributed by atoms with Gasteiger partial charge in [-0.05, 0) is 12.0 Å². The molecule has 0 bridgehead atoms. The lowest BCUT2D eigenvalue weighted by Crippen LogP contribution is -2.35. The number of carbonyl (C=O) groups is 1. The standard InChI is InChI=1S/C20H26N4O2S/c1-13-10-24(5)19(27-12-13)23-17(15(8-21)11-25)14-7-16(26-6)18(22-9-14)20(2,3)4/h7,9,11,13H,10,12H2,1-6H3/b17-15-,23-19+. The molecule has 0 aromatic carbocycles. The normalized spacial score (nSPS) is 20.1. The Hall–Kier alpha value is -2.33. The summed E-state index contributed by atoms with van der Waals surface area (Å²) in [7, 11) is 3.55. The largest absolute Gasteiger partial charge is 0.495 e. The molecule has 1 fully saturated rings. The summed E-state index contributed by atoms with van der Waals surface area (Å²) in [5.74, 6) is 2.11. The van der Waals surface area contributed by atoms with E-state index in [9.17, 15) is 10.1 Å². The van der Waals surface area contributed by atoms with Gasteiger partial charge in [0.1, 0.15) is 17.4 Å². The maximum atomic E-state index is 11.5. The summed E-state index contributed by atoms with van der Waals surface area (Å²) >= 11 is 1.62. The molecule has 2 heterocycles. The monoisotopic (exact) mass is 386 g/mol. The van der Waals surface area contributed by atoms with Gasteiger partial charge in [-0.25, -0.2) is 4.99 Å². The highest BCUT2D eigenvalue weighted by Crippen LogP contribution is 2.33. The zero-order chi connectivity index (χ0) is 20.2. The van der Waals surface area contributed by atoms with Gasteiger partial charge in [0.2, 0.25) is 0 Å². The smallest absolute Gasteiger partial charge is 0.164 e. The summed E-state index contributed by atoms with van der Waals surface area (Å²) in [6.07, 6.45) is 2.19. The molecule has 1 aromatic heterocycles. The predicted octanol–water partition coefficient (Wildman–Crippen LogP) is 3.49. The zero-order valence-corrected chi connectivity index (χ0v) is 17.6. The molecule has 0 N–H and O–H groups in total. The number of aliphatic imine (C=N–C) groups is 1. The van der Waals surface area contributed by atoms with Crippen LogP contribution < -0.4 is 4.74 Å². The fraction of sp³-hybridized carbons (Fsp3) is 0.500. The first-order valence-corrected chi connectivity index (χ1v) is 9.76. The van der Waals surface area contributed by atoms with E-state index in [1.165, 1.54) is 0 Å². The van der Waals surface area contributed by atoms with Gasteiger partial charge >= 0.3 is 0 Å². The molecule has 1 saturated heterocycles. The molecule has 0 saturated carbocycles. The maximum absolute atomic E-state index is 11.5. The summed E-state index contributed by atoms with van der Waals surface area (Å²) in [5.41, 5.74) is 1.50. The molecule has 1 atom stereocenters. The van der Waals surface area contributed by atoms with Gasteiger partial charge in [0.25, 0.3) is 0 Å². The van der Waals surface area contributed by atoms with Gasteiger partial charge in [-0.15, -0.1) is 0 Å². The number of allylic oxidation sites excluding steroid dienone is 1. The number of amidine groups is 1. The molecule has 1 aliphatic rings. The first-order chi connectivity index (χ1) is 12.7. The minimum absolute atomic E-state index is 0.0255. The number of nitrogens with zero attached hydrogens (tertiary/aromatic N) is 4. The second-order valence-corrected chi connectivity index (χ2v) is 8.70. The Bertz CT molecular complexity index is 818. The molecule has 0 spiro atoms. The maximum Gasteiger partial charge on any atom is 0.164 e. The van der Waals surface area contributed by atoms with E-state index in [2.05, 4.69) is 37.7 Å². The Morgan fingerprint density at radius 3 is 2.74 bits per heavy atom. The van der Waals surface area contributed by atoms with E-state index >= 15 is 0 Å². The highest BCUT2D eigenvalue weighted by molar-refractivity contribution is 8.13. The number of hydrogen-bond donors (Lipinski definition) is 0. The number of thioether (sulfide) groups is 1. The molecule has 2 rings (SSSR count). The minimum atomic E-state index is -0.196. The van der Waals surface area contributed by atoms with Crippen molar-refractivity contribution in [2.75, 3.05) is 26.5 Å². The van der Waals surface area contributed by atoms with Crippen molar-refractivity contribution in [2.45, 2.75) is 33.1 Å². The summed E-state index contributed by atoms with van der Waals surface area (Å²) in [5, 5.41) is 10.2. The lowest BCUT2D eigenvalue weighted by molar-refractivity contribution is -0.104. The van der Waals surface area contributed by atoms with Gasteiger partial charge < -0.3 is 9.64 Å². The van der Waals surface area contributed by atoms with Crippen LogP contribution in [0.1, 0.15) is 39.0 Å². The van der Waals surface area contributed by atoms with Gasteiger partial charge in [-0.3, -0.25) is 9.78 Å². The van der Waals surface area contributed by atoms with Crippen LogP contribution in [-0.2, 0) is 10.2 Å². The lowest BCUT2D eigenvalue weighted by atomic mass is 9.90. The van der Waals surface area contributed by atoms with Gasteiger partial charge in [0.05, 0.1) is 18.5 Å². The van der Waals surface area contributed by atoms with Crippen LogP contribution in [0.4, 0.5) is 0 Å². The van der Waals surface area contributed by atoms with Crippen molar-refractivity contribution in [3.05, 3.63) is 29.1 Å². The number of aromatic nitrogens is 1. The second kappa shape index (κ2) is 8.57. The Morgan fingerprint density at radius 1 is 1.52 bits per heavy atom. The van der Waals surface area contributed by atoms with Gasteiger partial charge in [0, 0.05) is 36.5 Å². The van der Waals surface area contributed by atoms with Crippen molar-refractivity contribution in [1.29, 1.82) is 5.26 Å². The van der Waals surface area contributed by atoms with Crippen LogP contribution in [0.25, 0.3) is 5.70 Å². The zero-order valence-electron chi connectivity index (χ0n) is 16.7. The summed E-state index contributed by atoms with van der Waals surface area (Å²) in [4.78, 5) is 22.7. The Labute approximate surface area is 165 Å². The van der Waals surface area contributed by atoms with E-state index in [4.69, 9.17) is 4.74 Å². The van der Waals surface area contributed by atoms with Gasteiger partial charge in [-0.2, -0.15) is 5.26 Å². The van der Waals surface area contributed by atoms with Gasteiger partial charge in [-0.1, -0.05) is 39.5 Å². The van der Waals surface area contributed by atoms with Crippen molar-refractivity contribution >= 4 is 28.9 Å². The van der Waals surface area contributed by atoms with Crippen LogP contribution in [0.3, 0.4) is 0 Å². The number of aldehydes is 1. The number of carbonyl (C=O) groups excluding carboxylic acids is 1. The van der Waals surface area contributed by atoms with Gasteiger partial charge in [0.15, 0.2) is 11.5 Å². The highest BCUT2D eigenvalue weighted by Gasteiger charge is 2.24. The van der Waals surface area contributed by atoms with E-state index in [0.717, 1.165) is 23.2 Å². The van der Waals surface area contributed by atoms with E-state index < -0.39 is 0 Å². The lowest BCUT2D eigenvalue weighted by Gasteiger charge is -2.30. The molecule has 0 radical (unpaired) electrons. The van der Waals surface area contributed by atoms with Crippen LogP contribution in [0, 0.1) is 17.2 Å². The van der Waals surface area contributed by atoms with Crippen molar-refractivity contribution in [3.63, 3.8) is 0 Å². The van der Waals surface area contributed by atoms with E-state index in [1.807, 2.05) is 18.0 Å². The Balaban J connectivity index is 2.59. The van der Waals surface area contributed by atoms with Crippen molar-refractivity contribution < 1.29 is 9.53 Å². The third kappa shape index (κ3) is 4.89. The van der Waals surface area contributed by atoms with E-state index in [0.29, 0.717) is 29.2 Å². The molecule has 1 aliphatic heterocycles. The van der Waals surface area contributed by atoms with Crippen LogP contribution >= 0.6 is 11.8 Å². The number of methoxy groups -OCH3 is 1. The summed E-state index contributed by atoms with van der Waals surface area (Å²) in [6, 6.07) is 3.75. The quantitative estimate of drug-likeness (QED) is 0.448. The minimum Gasteiger partial charge on any atom is -0.495 e. The molecular weight excluding hydrogens is 360 g/mol. The first kappa shape index (κ1) is 21.0. The highest BCUT2D eigenvalue weighted by atomic mass is 32.2. The molecular formula is C20H26N4O2S. The first-order valence-electron chi connectivity index (χ1n) is 8.78. The van der Waals surface area contributed by atoms with Crippen LogP contribution in [0.2, 0.25) is 0 Å². The number of hydrogen-bond acceptors (Lipinski definition) is 6. The molecule has 1 unspecified atom stereocenters. The van der Waals surface area contributed by atoms with E-state index in [1.54, 1.807) is 31.1 Å². The van der Waals surface area contributed by atoms with Crippen molar-refractivity contribution in [1.82, 2.24) is 9.88 Å². The third-order valence-electron chi connectivity index (χ3n) is 4.17. The van der Waals surface area contributed by atoms with Crippen LogP contribution in [-0.4, -0.2) is 47.8 Å².